The van der Waals surface area contributed by atoms with Gasteiger partial charge in [0.2, 0.25) is 0 Å². The number of carboxylic acids is 1. The lowest BCUT2D eigenvalue weighted by Gasteiger charge is -2.33. The lowest BCUT2D eigenvalue weighted by molar-refractivity contribution is -0.137. The molecular weight excluding hydrogens is 469 g/mol. The van der Waals surface area contributed by atoms with Crippen molar-refractivity contribution in [3.05, 3.63) is 35.0 Å². The van der Waals surface area contributed by atoms with E-state index >= 15 is 0 Å². The van der Waals surface area contributed by atoms with Crippen LogP contribution in [0.15, 0.2) is 29.4 Å². The van der Waals surface area contributed by atoms with Gasteiger partial charge in [-0.2, -0.15) is 18.3 Å². The number of hydrogen-bond acceptors (Lipinski definition) is 7. The van der Waals surface area contributed by atoms with Gasteiger partial charge in [-0.15, -0.1) is 11.3 Å². The Morgan fingerprint density at radius 1 is 1.21 bits per heavy atom. The van der Waals surface area contributed by atoms with Crippen LogP contribution >= 0.6 is 11.3 Å². The topological polar surface area (TPSA) is 78.3 Å². The normalized spacial score (nSPS) is 21.6. The van der Waals surface area contributed by atoms with E-state index in [1.807, 2.05) is 13.8 Å². The molecule has 0 bridgehead atoms. The number of benzene rings is 1. The number of hydrogen-bond donors (Lipinski definition) is 1. The molecule has 2 atom stereocenters. The largest absolute Gasteiger partial charge is 0.490 e. The smallest absolute Gasteiger partial charge is 0.431 e. The molecule has 2 aliphatic rings. The molecular formula is C23H27F3N4O3S. The summed E-state index contributed by atoms with van der Waals surface area (Å²) in [6.07, 6.45) is -3.32. The summed E-state index contributed by atoms with van der Waals surface area (Å²) in [5.41, 5.74) is 0.485. The molecule has 0 radical (unpaired) electrons. The summed E-state index contributed by atoms with van der Waals surface area (Å²) in [4.78, 5) is 18.1. The van der Waals surface area contributed by atoms with E-state index in [0.717, 1.165) is 36.6 Å². The third kappa shape index (κ3) is 5.13. The fraction of sp³-hybridized carbons (Fsp3) is 0.522. The van der Waals surface area contributed by atoms with E-state index in [4.69, 9.17) is 4.74 Å². The van der Waals surface area contributed by atoms with E-state index in [0.29, 0.717) is 11.4 Å². The third-order valence-corrected chi connectivity index (χ3v) is 7.36. The van der Waals surface area contributed by atoms with E-state index in [1.165, 1.54) is 16.9 Å². The van der Waals surface area contributed by atoms with Crippen molar-refractivity contribution in [1.29, 1.82) is 0 Å². The molecule has 184 valence electrons. The Balaban J connectivity index is 1.41. The van der Waals surface area contributed by atoms with Gasteiger partial charge >= 0.3 is 12.1 Å². The van der Waals surface area contributed by atoms with Crippen LogP contribution in [0.25, 0.3) is 0 Å². The van der Waals surface area contributed by atoms with Gasteiger partial charge in [0.05, 0.1) is 28.9 Å². The summed E-state index contributed by atoms with van der Waals surface area (Å²) < 4.78 is 46.2. The fourth-order valence-electron chi connectivity index (χ4n) is 4.54. The quantitative estimate of drug-likeness (QED) is 0.605. The SMILES string of the molecule is Cc1nc(C)c(N2CCC(Oc3ccc(N4N=C(C(F)(F)F)C(C)C4CC(=O)O)cc3)CC2)s1. The second-order valence-electron chi connectivity index (χ2n) is 8.70. The van der Waals surface area contributed by atoms with Crippen LogP contribution in [0.4, 0.5) is 23.9 Å². The minimum atomic E-state index is -4.61. The molecule has 4 rings (SSSR count). The van der Waals surface area contributed by atoms with Crippen molar-refractivity contribution in [3.8, 4) is 5.75 Å². The number of thiazole rings is 1. The van der Waals surface area contributed by atoms with Gasteiger partial charge in [-0.05, 0) is 38.1 Å². The van der Waals surface area contributed by atoms with Gasteiger partial charge in [0.25, 0.3) is 0 Å². The minimum absolute atomic E-state index is 0.0397. The van der Waals surface area contributed by atoms with Gasteiger partial charge in [-0.1, -0.05) is 6.92 Å². The Morgan fingerprint density at radius 2 is 1.85 bits per heavy atom. The standard InChI is InChI=1S/C23H27F3N4O3S/c1-13-19(12-20(31)32)30(28-21(13)23(24,25)26)16-4-6-17(7-5-16)33-18-8-10-29(11-9-18)22-14(2)27-15(3)34-22/h4-7,13,18-19H,8-12H2,1-3H3,(H,31,32). The van der Waals surface area contributed by atoms with Crippen LogP contribution in [0.3, 0.4) is 0 Å². The van der Waals surface area contributed by atoms with Gasteiger partial charge in [0.15, 0.2) is 0 Å². The molecule has 3 heterocycles. The van der Waals surface area contributed by atoms with Crippen molar-refractivity contribution >= 4 is 33.7 Å². The van der Waals surface area contributed by atoms with Gasteiger partial charge in [-0.3, -0.25) is 9.80 Å². The Hall–Kier alpha value is -2.82. The molecule has 1 N–H and O–H groups in total. The Morgan fingerprint density at radius 3 is 2.38 bits per heavy atom. The molecule has 1 saturated heterocycles. The molecule has 2 unspecified atom stereocenters. The molecule has 0 amide bonds. The van der Waals surface area contributed by atoms with Crippen molar-refractivity contribution in [2.75, 3.05) is 23.0 Å². The van der Waals surface area contributed by atoms with E-state index in [2.05, 4.69) is 15.0 Å². The second-order valence-corrected chi connectivity index (χ2v) is 9.88. The van der Waals surface area contributed by atoms with Crippen LogP contribution < -0.4 is 14.6 Å². The fourth-order valence-corrected chi connectivity index (χ4v) is 5.51. The van der Waals surface area contributed by atoms with Crippen molar-refractivity contribution < 1.29 is 27.8 Å². The van der Waals surface area contributed by atoms with Crippen LogP contribution in [0.1, 0.15) is 36.9 Å². The molecule has 1 aromatic carbocycles. The number of aliphatic carboxylic acids is 1. The first kappa shape index (κ1) is 24.3. The average molecular weight is 497 g/mol. The van der Waals surface area contributed by atoms with E-state index < -0.39 is 36.2 Å². The molecule has 1 fully saturated rings. The number of rotatable bonds is 6. The number of piperidine rings is 1. The molecule has 0 aliphatic carbocycles. The highest BCUT2D eigenvalue weighted by atomic mass is 32.1. The zero-order valence-corrected chi connectivity index (χ0v) is 20.0. The molecule has 2 aliphatic heterocycles. The third-order valence-electron chi connectivity index (χ3n) is 6.22. The molecule has 0 saturated carbocycles. The highest BCUT2D eigenvalue weighted by Gasteiger charge is 2.48. The predicted molar refractivity (Wildman–Crippen MR) is 125 cm³/mol. The van der Waals surface area contributed by atoms with E-state index in [-0.39, 0.29) is 6.10 Å². The zero-order valence-electron chi connectivity index (χ0n) is 19.2. The molecule has 34 heavy (non-hydrogen) atoms. The molecule has 1 aromatic heterocycles. The summed E-state index contributed by atoms with van der Waals surface area (Å²) in [5, 5.41) is 16.4. The number of carbonyl (C=O) groups is 1. The predicted octanol–water partition coefficient (Wildman–Crippen LogP) is 5.03. The summed E-state index contributed by atoms with van der Waals surface area (Å²) >= 11 is 1.70. The molecule has 11 heteroatoms. The van der Waals surface area contributed by atoms with Crippen LogP contribution in [-0.2, 0) is 4.79 Å². The van der Waals surface area contributed by atoms with Crippen molar-refractivity contribution in [2.45, 2.75) is 58.4 Å². The first-order valence-corrected chi connectivity index (χ1v) is 12.0. The van der Waals surface area contributed by atoms with Crippen LogP contribution in [0.5, 0.6) is 5.75 Å². The number of anilines is 2. The number of hydrazone groups is 1. The van der Waals surface area contributed by atoms with Gasteiger partial charge in [0, 0.05) is 31.8 Å². The summed E-state index contributed by atoms with van der Waals surface area (Å²) in [6.45, 7) is 7.11. The van der Waals surface area contributed by atoms with Crippen LogP contribution in [0.2, 0.25) is 0 Å². The number of halogens is 3. The minimum Gasteiger partial charge on any atom is -0.490 e. The van der Waals surface area contributed by atoms with Crippen LogP contribution in [-0.4, -0.2) is 53.2 Å². The van der Waals surface area contributed by atoms with Crippen molar-refractivity contribution in [2.24, 2.45) is 11.0 Å². The Kier molecular flexibility index (Phi) is 6.75. The number of ether oxygens (including phenoxy) is 1. The monoisotopic (exact) mass is 496 g/mol. The lowest BCUT2D eigenvalue weighted by atomic mass is 9.94. The first-order valence-electron chi connectivity index (χ1n) is 11.2. The van der Waals surface area contributed by atoms with Gasteiger partial charge in [-0.25, -0.2) is 4.98 Å². The second kappa shape index (κ2) is 9.44. The Labute approximate surface area is 199 Å². The molecule has 0 spiro atoms. The number of alkyl halides is 3. The van der Waals surface area contributed by atoms with E-state index in [1.54, 1.807) is 35.6 Å². The molecule has 2 aromatic rings. The maximum Gasteiger partial charge on any atom is 0.431 e. The summed E-state index contributed by atoms with van der Waals surface area (Å²) in [6, 6.07) is 5.73. The number of carboxylic acid groups (broad SMARTS) is 1. The van der Waals surface area contributed by atoms with Crippen molar-refractivity contribution in [1.82, 2.24) is 4.98 Å². The highest BCUT2D eigenvalue weighted by molar-refractivity contribution is 7.15. The first-order chi connectivity index (χ1) is 16.0. The number of aromatic nitrogens is 1. The van der Waals surface area contributed by atoms with Gasteiger partial charge < -0.3 is 14.7 Å². The lowest BCUT2D eigenvalue weighted by Crippen LogP contribution is -2.38. The zero-order chi connectivity index (χ0) is 24.6. The highest BCUT2D eigenvalue weighted by Crippen LogP contribution is 2.37. The number of nitrogens with zero attached hydrogens (tertiary/aromatic N) is 4. The summed E-state index contributed by atoms with van der Waals surface area (Å²) in [7, 11) is 0. The molecule has 7 nitrogen and oxygen atoms in total. The maximum absolute atomic E-state index is 13.4. The van der Waals surface area contributed by atoms with Crippen molar-refractivity contribution in [3.63, 3.8) is 0 Å². The van der Waals surface area contributed by atoms with Gasteiger partial charge in [0.1, 0.15) is 22.6 Å². The average Bonchev–Trinajstić information content (AvgIpc) is 3.27. The summed E-state index contributed by atoms with van der Waals surface area (Å²) in [5.74, 6) is -1.60. The Bertz CT molecular complexity index is 1060. The van der Waals surface area contributed by atoms with E-state index in [9.17, 15) is 23.1 Å². The van der Waals surface area contributed by atoms with Crippen LogP contribution in [0, 0.1) is 19.8 Å². The maximum atomic E-state index is 13.4. The number of aryl methyl sites for hydroxylation is 2.